The van der Waals surface area contributed by atoms with Crippen LogP contribution in [0.15, 0.2) is 0 Å². The van der Waals surface area contributed by atoms with Crippen LogP contribution >= 0.6 is 0 Å². The molecule has 0 aromatic rings. The fourth-order valence-electron chi connectivity index (χ4n) is 3.10. The molecule has 1 saturated carbocycles. The predicted octanol–water partition coefficient (Wildman–Crippen LogP) is 0.717. The van der Waals surface area contributed by atoms with E-state index in [9.17, 15) is 4.79 Å². The molecular formula is C13H25N3O. The molecule has 2 fully saturated rings. The molecule has 4 nitrogen and oxygen atoms in total. The van der Waals surface area contributed by atoms with E-state index in [2.05, 4.69) is 10.2 Å². The van der Waals surface area contributed by atoms with Crippen molar-refractivity contribution in [2.45, 2.75) is 38.5 Å². The number of likely N-dealkylation sites (tertiary alicyclic amines) is 1. The average molecular weight is 239 g/mol. The van der Waals surface area contributed by atoms with Crippen molar-refractivity contribution in [3.05, 3.63) is 0 Å². The molecule has 17 heavy (non-hydrogen) atoms. The summed E-state index contributed by atoms with van der Waals surface area (Å²) in [5, 5.41) is 3.08. The number of carbonyl (C=O) groups is 1. The van der Waals surface area contributed by atoms with E-state index in [1.54, 1.807) is 0 Å². The van der Waals surface area contributed by atoms with E-state index in [0.29, 0.717) is 6.54 Å². The third kappa shape index (κ3) is 2.99. The zero-order valence-electron chi connectivity index (χ0n) is 10.7. The first-order valence-corrected chi connectivity index (χ1v) is 6.98. The van der Waals surface area contributed by atoms with E-state index in [1.165, 1.54) is 25.9 Å². The lowest BCUT2D eigenvalue weighted by molar-refractivity contribution is -0.130. The second-order valence-electron chi connectivity index (χ2n) is 5.50. The Bertz CT molecular complexity index is 255. The van der Waals surface area contributed by atoms with Gasteiger partial charge in [-0.2, -0.15) is 0 Å². The molecule has 4 heteroatoms. The third-order valence-corrected chi connectivity index (χ3v) is 4.35. The van der Waals surface area contributed by atoms with Gasteiger partial charge in [0, 0.05) is 19.6 Å². The van der Waals surface area contributed by atoms with Crippen molar-refractivity contribution in [3.63, 3.8) is 0 Å². The van der Waals surface area contributed by atoms with E-state index in [4.69, 9.17) is 5.73 Å². The number of nitrogens with one attached hydrogen (secondary N) is 1. The van der Waals surface area contributed by atoms with Gasteiger partial charge in [-0.1, -0.05) is 12.8 Å². The fraction of sp³-hybridized carbons (Fsp3) is 0.923. The van der Waals surface area contributed by atoms with Gasteiger partial charge in [-0.15, -0.1) is 0 Å². The third-order valence-electron chi connectivity index (χ3n) is 4.35. The minimum Gasteiger partial charge on any atom is -0.354 e. The molecule has 1 aliphatic heterocycles. The van der Waals surface area contributed by atoms with Gasteiger partial charge in [0.1, 0.15) is 0 Å². The molecule has 98 valence electrons. The number of hydrogen-bond acceptors (Lipinski definition) is 3. The molecule has 1 amide bonds. The molecule has 0 bridgehead atoms. The molecule has 0 aromatic heterocycles. The van der Waals surface area contributed by atoms with Gasteiger partial charge in [0.15, 0.2) is 0 Å². The monoisotopic (exact) mass is 239 g/mol. The molecule has 0 spiro atoms. The molecule has 3 N–H and O–H groups in total. The lowest BCUT2D eigenvalue weighted by atomic mass is 9.85. The van der Waals surface area contributed by atoms with Crippen molar-refractivity contribution < 1.29 is 4.79 Å². The van der Waals surface area contributed by atoms with Crippen LogP contribution in [0.2, 0.25) is 0 Å². The second-order valence-corrected chi connectivity index (χ2v) is 5.50. The van der Waals surface area contributed by atoms with Crippen molar-refractivity contribution in [3.8, 4) is 0 Å². The molecule has 0 aromatic carbocycles. The van der Waals surface area contributed by atoms with Crippen molar-refractivity contribution in [2.24, 2.45) is 11.1 Å². The predicted molar refractivity (Wildman–Crippen MR) is 68.6 cm³/mol. The highest BCUT2D eigenvalue weighted by Crippen LogP contribution is 2.37. The lowest BCUT2D eigenvalue weighted by Gasteiger charge is -2.26. The molecule has 1 heterocycles. The lowest BCUT2D eigenvalue weighted by Crippen LogP contribution is -2.46. The Morgan fingerprint density at radius 2 is 1.82 bits per heavy atom. The van der Waals surface area contributed by atoms with E-state index in [1.807, 2.05) is 0 Å². The van der Waals surface area contributed by atoms with Crippen LogP contribution in [0.25, 0.3) is 0 Å². The molecule has 1 saturated heterocycles. The normalized spacial score (nSPS) is 24.1. The zero-order valence-corrected chi connectivity index (χ0v) is 10.7. The molecule has 0 radical (unpaired) electrons. The highest BCUT2D eigenvalue weighted by Gasteiger charge is 2.39. The Hall–Kier alpha value is -0.610. The zero-order chi connectivity index (χ0) is 12.1. The van der Waals surface area contributed by atoms with Crippen LogP contribution in [0.4, 0.5) is 0 Å². The number of hydrogen-bond donors (Lipinski definition) is 2. The van der Waals surface area contributed by atoms with Crippen molar-refractivity contribution in [1.29, 1.82) is 0 Å². The quantitative estimate of drug-likeness (QED) is 0.743. The number of nitrogens with two attached hydrogens (primary N) is 1. The van der Waals surface area contributed by atoms with Crippen molar-refractivity contribution in [1.82, 2.24) is 10.2 Å². The molecular weight excluding hydrogens is 214 g/mol. The van der Waals surface area contributed by atoms with Crippen LogP contribution in [0.3, 0.4) is 0 Å². The Labute approximate surface area is 104 Å². The topological polar surface area (TPSA) is 58.4 Å². The standard InChI is InChI=1S/C13H25N3O/c14-11-13(5-1-2-6-13)12(17)15-7-10-16-8-3-4-9-16/h1-11,14H2,(H,15,17). The second kappa shape index (κ2) is 5.83. The Morgan fingerprint density at radius 1 is 1.18 bits per heavy atom. The van der Waals surface area contributed by atoms with Gasteiger partial charge in [-0.25, -0.2) is 0 Å². The molecule has 1 aliphatic carbocycles. The van der Waals surface area contributed by atoms with E-state index < -0.39 is 0 Å². The van der Waals surface area contributed by atoms with Crippen LogP contribution in [0, 0.1) is 5.41 Å². The van der Waals surface area contributed by atoms with Gasteiger partial charge in [-0.05, 0) is 38.8 Å². The molecule has 2 rings (SSSR count). The first kappa shape index (κ1) is 12.8. The number of carbonyl (C=O) groups excluding carboxylic acids is 1. The number of nitrogens with zero attached hydrogens (tertiary/aromatic N) is 1. The number of rotatable bonds is 5. The summed E-state index contributed by atoms with van der Waals surface area (Å²) in [5.41, 5.74) is 5.55. The van der Waals surface area contributed by atoms with Gasteiger partial charge in [0.2, 0.25) is 5.91 Å². The summed E-state index contributed by atoms with van der Waals surface area (Å²) in [6.07, 6.45) is 6.85. The summed E-state index contributed by atoms with van der Waals surface area (Å²) in [4.78, 5) is 14.6. The van der Waals surface area contributed by atoms with E-state index in [-0.39, 0.29) is 11.3 Å². The van der Waals surface area contributed by atoms with Gasteiger partial charge in [-0.3, -0.25) is 4.79 Å². The molecule has 2 aliphatic rings. The van der Waals surface area contributed by atoms with E-state index in [0.717, 1.165) is 38.8 Å². The molecule has 0 unspecified atom stereocenters. The smallest absolute Gasteiger partial charge is 0.227 e. The van der Waals surface area contributed by atoms with Gasteiger partial charge >= 0.3 is 0 Å². The average Bonchev–Trinajstić information content (AvgIpc) is 3.00. The Morgan fingerprint density at radius 3 is 2.41 bits per heavy atom. The minimum atomic E-state index is -0.245. The van der Waals surface area contributed by atoms with Crippen LogP contribution in [-0.4, -0.2) is 43.5 Å². The highest BCUT2D eigenvalue weighted by molar-refractivity contribution is 5.83. The van der Waals surface area contributed by atoms with Crippen LogP contribution in [0.5, 0.6) is 0 Å². The molecule has 0 atom stereocenters. The van der Waals surface area contributed by atoms with Gasteiger partial charge < -0.3 is 16.0 Å². The summed E-state index contributed by atoms with van der Waals surface area (Å²) in [6.45, 7) is 4.66. The first-order valence-electron chi connectivity index (χ1n) is 6.98. The van der Waals surface area contributed by atoms with Gasteiger partial charge in [0.25, 0.3) is 0 Å². The Kier molecular flexibility index (Phi) is 4.40. The van der Waals surface area contributed by atoms with Crippen LogP contribution < -0.4 is 11.1 Å². The summed E-state index contributed by atoms with van der Waals surface area (Å²) in [7, 11) is 0. The van der Waals surface area contributed by atoms with Crippen molar-refractivity contribution >= 4 is 5.91 Å². The maximum atomic E-state index is 12.2. The number of amides is 1. The summed E-state index contributed by atoms with van der Waals surface area (Å²) >= 11 is 0. The minimum absolute atomic E-state index is 0.191. The van der Waals surface area contributed by atoms with Gasteiger partial charge in [0.05, 0.1) is 5.41 Å². The van der Waals surface area contributed by atoms with Crippen LogP contribution in [-0.2, 0) is 4.79 Å². The summed E-state index contributed by atoms with van der Waals surface area (Å²) in [6, 6.07) is 0. The SMILES string of the molecule is NCC1(C(=O)NCCN2CCCC2)CCCC1. The highest BCUT2D eigenvalue weighted by atomic mass is 16.2. The summed E-state index contributed by atoms with van der Waals surface area (Å²) < 4.78 is 0. The summed E-state index contributed by atoms with van der Waals surface area (Å²) in [5.74, 6) is 0.191. The van der Waals surface area contributed by atoms with E-state index >= 15 is 0 Å². The largest absolute Gasteiger partial charge is 0.354 e. The Balaban J connectivity index is 1.72. The van der Waals surface area contributed by atoms with Crippen LogP contribution in [0.1, 0.15) is 38.5 Å². The maximum Gasteiger partial charge on any atom is 0.227 e. The fourth-order valence-corrected chi connectivity index (χ4v) is 3.10. The first-order chi connectivity index (χ1) is 8.27. The van der Waals surface area contributed by atoms with Crippen molar-refractivity contribution in [2.75, 3.05) is 32.7 Å². The maximum absolute atomic E-state index is 12.2.